The average Bonchev–Trinajstić information content (AvgIpc) is 2.91. The molecule has 0 fully saturated rings. The molecule has 0 saturated carbocycles. The Hall–Kier alpha value is -4.40. The van der Waals surface area contributed by atoms with Crippen molar-refractivity contribution >= 4 is 27.6 Å². The highest BCUT2D eigenvalue weighted by Gasteiger charge is 2.30. The molecule has 3 aromatic carbocycles. The maximum absolute atomic E-state index is 13.5. The Kier molecular flexibility index (Phi) is 7.15. The number of carboxylic acids is 1. The predicted octanol–water partition coefficient (Wildman–Crippen LogP) is 3.27. The summed E-state index contributed by atoms with van der Waals surface area (Å²) < 4.78 is 38.9. The van der Waals surface area contributed by atoms with E-state index in [1.807, 2.05) is 12.1 Å². The SMILES string of the molecule is COc1cc2c(cc1OC)CN(S(=O)(=O)c1cccc(C(=O)Nc3ccc(C#N)cc3C(=O)O)c1)CC2. The number of anilines is 1. The Labute approximate surface area is 213 Å². The zero-order valence-corrected chi connectivity index (χ0v) is 20.8. The van der Waals surface area contributed by atoms with E-state index in [4.69, 9.17) is 14.7 Å². The van der Waals surface area contributed by atoms with Gasteiger partial charge in [-0.3, -0.25) is 4.79 Å². The number of carboxylic acid groups (broad SMARTS) is 1. The second-order valence-electron chi connectivity index (χ2n) is 8.22. The summed E-state index contributed by atoms with van der Waals surface area (Å²) in [7, 11) is -0.901. The highest BCUT2D eigenvalue weighted by Crippen LogP contribution is 2.34. The Morgan fingerprint density at radius 3 is 2.38 bits per heavy atom. The number of carbonyl (C=O) groups is 2. The van der Waals surface area contributed by atoms with Crippen LogP contribution in [-0.4, -0.2) is 50.5 Å². The van der Waals surface area contributed by atoms with E-state index in [2.05, 4.69) is 5.32 Å². The number of amides is 1. The van der Waals surface area contributed by atoms with Gasteiger partial charge in [-0.15, -0.1) is 0 Å². The van der Waals surface area contributed by atoms with Crippen LogP contribution in [0.2, 0.25) is 0 Å². The minimum Gasteiger partial charge on any atom is -0.493 e. The Balaban J connectivity index is 1.59. The summed E-state index contributed by atoms with van der Waals surface area (Å²) in [6.07, 6.45) is 0.478. The van der Waals surface area contributed by atoms with Gasteiger partial charge in [-0.1, -0.05) is 6.07 Å². The lowest BCUT2D eigenvalue weighted by atomic mass is 10.0. The van der Waals surface area contributed by atoms with Crippen LogP contribution in [0.25, 0.3) is 0 Å². The van der Waals surface area contributed by atoms with E-state index < -0.39 is 21.9 Å². The molecule has 37 heavy (non-hydrogen) atoms. The maximum Gasteiger partial charge on any atom is 0.337 e. The van der Waals surface area contributed by atoms with Crippen LogP contribution in [0.15, 0.2) is 59.5 Å². The molecule has 1 heterocycles. The molecule has 190 valence electrons. The van der Waals surface area contributed by atoms with Crippen LogP contribution in [0.4, 0.5) is 5.69 Å². The number of sulfonamides is 1. The molecule has 0 radical (unpaired) electrons. The first kappa shape index (κ1) is 25.7. The van der Waals surface area contributed by atoms with Crippen molar-refractivity contribution in [2.75, 3.05) is 26.1 Å². The van der Waals surface area contributed by atoms with Crippen LogP contribution >= 0.6 is 0 Å². The van der Waals surface area contributed by atoms with Crippen molar-refractivity contribution in [1.29, 1.82) is 5.26 Å². The van der Waals surface area contributed by atoms with Crippen LogP contribution in [-0.2, 0) is 23.0 Å². The fraction of sp³-hybridized carbons (Fsp3) is 0.192. The summed E-state index contributed by atoms with van der Waals surface area (Å²) in [4.78, 5) is 24.4. The normalized spacial score (nSPS) is 13.2. The molecular formula is C26H23N3O7S. The lowest BCUT2D eigenvalue weighted by Crippen LogP contribution is -2.36. The third-order valence-electron chi connectivity index (χ3n) is 6.04. The van der Waals surface area contributed by atoms with Crippen molar-refractivity contribution < 1.29 is 32.6 Å². The first-order valence-electron chi connectivity index (χ1n) is 11.1. The molecule has 1 amide bonds. The number of fused-ring (bicyclic) bond motifs is 1. The van der Waals surface area contributed by atoms with E-state index >= 15 is 0 Å². The second kappa shape index (κ2) is 10.3. The minimum absolute atomic E-state index is 0.0122. The first-order valence-corrected chi connectivity index (χ1v) is 12.5. The van der Waals surface area contributed by atoms with Crippen molar-refractivity contribution in [1.82, 2.24) is 4.31 Å². The number of rotatable bonds is 7. The van der Waals surface area contributed by atoms with Crippen LogP contribution < -0.4 is 14.8 Å². The van der Waals surface area contributed by atoms with Gasteiger partial charge >= 0.3 is 5.97 Å². The molecule has 1 aliphatic heterocycles. The number of nitrogens with one attached hydrogen (secondary N) is 1. The van der Waals surface area contributed by atoms with Crippen LogP contribution in [0.1, 0.15) is 37.4 Å². The van der Waals surface area contributed by atoms with Gasteiger partial charge in [0.1, 0.15) is 0 Å². The minimum atomic E-state index is -3.95. The molecule has 0 saturated heterocycles. The number of hydrogen-bond donors (Lipinski definition) is 2. The summed E-state index contributed by atoms with van der Waals surface area (Å²) >= 11 is 0. The predicted molar refractivity (Wildman–Crippen MR) is 133 cm³/mol. The van der Waals surface area contributed by atoms with Crippen LogP contribution in [0.5, 0.6) is 11.5 Å². The lowest BCUT2D eigenvalue weighted by Gasteiger charge is -2.29. The van der Waals surface area contributed by atoms with Gasteiger partial charge in [0.05, 0.1) is 42.0 Å². The van der Waals surface area contributed by atoms with Crippen molar-refractivity contribution in [2.24, 2.45) is 0 Å². The van der Waals surface area contributed by atoms with Gasteiger partial charge in [0.2, 0.25) is 10.0 Å². The molecule has 4 rings (SSSR count). The van der Waals surface area contributed by atoms with Gasteiger partial charge < -0.3 is 19.9 Å². The van der Waals surface area contributed by atoms with E-state index in [0.29, 0.717) is 17.9 Å². The molecule has 0 unspecified atom stereocenters. The fourth-order valence-corrected chi connectivity index (χ4v) is 5.57. The van der Waals surface area contributed by atoms with Crippen LogP contribution in [0.3, 0.4) is 0 Å². The first-order chi connectivity index (χ1) is 17.7. The van der Waals surface area contributed by atoms with Gasteiger partial charge in [0.15, 0.2) is 11.5 Å². The summed E-state index contributed by atoms with van der Waals surface area (Å²) in [6, 6.07) is 14.8. The largest absolute Gasteiger partial charge is 0.493 e. The number of aromatic carboxylic acids is 1. The van der Waals surface area contributed by atoms with Gasteiger partial charge in [0, 0.05) is 18.7 Å². The maximum atomic E-state index is 13.5. The third kappa shape index (κ3) is 5.11. The number of hydrogen-bond acceptors (Lipinski definition) is 7. The van der Waals surface area contributed by atoms with Crippen LogP contribution in [0, 0.1) is 11.3 Å². The lowest BCUT2D eigenvalue weighted by molar-refractivity contribution is 0.0698. The van der Waals surface area contributed by atoms with Crippen molar-refractivity contribution in [2.45, 2.75) is 17.9 Å². The second-order valence-corrected chi connectivity index (χ2v) is 10.2. The average molecular weight is 522 g/mol. The molecule has 3 aromatic rings. The summed E-state index contributed by atoms with van der Waals surface area (Å²) in [6.45, 7) is 0.371. The topological polar surface area (TPSA) is 146 Å². The molecule has 0 aliphatic carbocycles. The smallest absolute Gasteiger partial charge is 0.337 e. The highest BCUT2D eigenvalue weighted by atomic mass is 32.2. The molecule has 11 heteroatoms. The van der Waals surface area contributed by atoms with Gasteiger partial charge in [-0.25, -0.2) is 13.2 Å². The van der Waals surface area contributed by atoms with Crippen molar-refractivity contribution in [3.8, 4) is 17.6 Å². The zero-order valence-electron chi connectivity index (χ0n) is 20.0. The van der Waals surface area contributed by atoms with E-state index in [1.165, 1.54) is 54.9 Å². The van der Waals surface area contributed by atoms with Gasteiger partial charge in [-0.05, 0) is 66.1 Å². The molecular weight excluding hydrogens is 498 g/mol. The van der Waals surface area contributed by atoms with Crippen molar-refractivity contribution in [3.05, 3.63) is 82.4 Å². The monoisotopic (exact) mass is 521 g/mol. The van der Waals surface area contributed by atoms with Gasteiger partial charge in [0.25, 0.3) is 5.91 Å². The molecule has 0 aromatic heterocycles. The Morgan fingerprint density at radius 2 is 1.73 bits per heavy atom. The Bertz CT molecular complexity index is 1540. The molecule has 0 bridgehead atoms. The quantitative estimate of drug-likeness (QED) is 0.482. The molecule has 1 aliphatic rings. The summed E-state index contributed by atoms with van der Waals surface area (Å²) in [5, 5.41) is 20.9. The van der Waals surface area contributed by atoms with E-state index in [1.54, 1.807) is 6.07 Å². The van der Waals surface area contributed by atoms with E-state index in [0.717, 1.165) is 17.2 Å². The summed E-state index contributed by atoms with van der Waals surface area (Å²) in [5.41, 5.74) is 1.66. The number of ether oxygens (including phenoxy) is 2. The number of carbonyl (C=O) groups excluding carboxylic acids is 1. The van der Waals surface area contributed by atoms with E-state index in [-0.39, 0.29) is 40.4 Å². The highest BCUT2D eigenvalue weighted by molar-refractivity contribution is 7.89. The molecule has 10 nitrogen and oxygen atoms in total. The molecule has 2 N–H and O–H groups in total. The van der Waals surface area contributed by atoms with Crippen molar-refractivity contribution in [3.63, 3.8) is 0 Å². The van der Waals surface area contributed by atoms with E-state index in [9.17, 15) is 23.1 Å². The molecule has 0 spiro atoms. The number of nitriles is 1. The summed E-state index contributed by atoms with van der Waals surface area (Å²) in [5.74, 6) is -0.930. The number of nitrogens with zero attached hydrogens (tertiary/aromatic N) is 2. The zero-order chi connectivity index (χ0) is 26.7. The number of benzene rings is 3. The molecule has 0 atom stereocenters. The Morgan fingerprint density at radius 1 is 1.03 bits per heavy atom. The fourth-order valence-electron chi connectivity index (χ4n) is 4.10. The van der Waals surface area contributed by atoms with Gasteiger partial charge in [-0.2, -0.15) is 9.57 Å². The standard InChI is InChI=1S/C26H23N3O7S/c1-35-23-12-17-8-9-29(15-19(17)13-24(23)36-2)37(33,34)20-5-3-4-18(11-20)25(30)28-22-7-6-16(14-27)10-21(22)26(31)32/h3-7,10-13H,8-9,15H2,1-2H3,(H,28,30)(H,31,32). The number of methoxy groups -OCH3 is 2. The third-order valence-corrected chi connectivity index (χ3v) is 7.89.